The van der Waals surface area contributed by atoms with Crippen molar-refractivity contribution in [3.8, 4) is 0 Å². The number of carbonyl (C=O) groups is 2. The van der Waals surface area contributed by atoms with Crippen LogP contribution in [0.15, 0.2) is 36.4 Å². The van der Waals surface area contributed by atoms with Crippen molar-refractivity contribution in [2.75, 3.05) is 5.32 Å². The van der Waals surface area contributed by atoms with E-state index in [2.05, 4.69) is 5.32 Å². The zero-order chi connectivity index (χ0) is 17.6. The molecule has 130 valence electrons. The Morgan fingerprint density at radius 2 is 1.92 bits per heavy atom. The lowest BCUT2D eigenvalue weighted by molar-refractivity contribution is -0.173. The van der Waals surface area contributed by atoms with Gasteiger partial charge in [-0.2, -0.15) is 13.2 Å². The van der Waals surface area contributed by atoms with Gasteiger partial charge >= 0.3 is 12.1 Å². The molecule has 1 aromatic rings. The molecular weight excluding hydrogens is 321 g/mol. The number of hydrogen-bond acceptors (Lipinski definition) is 2. The third kappa shape index (κ3) is 5.72. The molecule has 0 aromatic heterocycles. The van der Waals surface area contributed by atoms with E-state index in [-0.39, 0.29) is 12.5 Å². The molecular formula is C17H19F3N2O2. The first-order valence-corrected chi connectivity index (χ1v) is 7.78. The molecule has 1 fully saturated rings. The van der Waals surface area contributed by atoms with E-state index in [0.717, 1.165) is 12.8 Å². The first kappa shape index (κ1) is 18.0. The van der Waals surface area contributed by atoms with E-state index < -0.39 is 12.1 Å². The van der Waals surface area contributed by atoms with Crippen molar-refractivity contribution in [1.82, 2.24) is 5.32 Å². The maximum absolute atomic E-state index is 12.1. The quantitative estimate of drug-likeness (QED) is 0.806. The van der Waals surface area contributed by atoms with Gasteiger partial charge in [0.1, 0.15) is 0 Å². The second kappa shape index (κ2) is 7.99. The van der Waals surface area contributed by atoms with Gasteiger partial charge in [-0.15, -0.1) is 0 Å². The molecule has 0 atom stereocenters. The second-order valence-corrected chi connectivity index (χ2v) is 5.77. The van der Waals surface area contributed by atoms with Crippen molar-refractivity contribution < 1.29 is 22.8 Å². The summed E-state index contributed by atoms with van der Waals surface area (Å²) in [6, 6.07) is 6.33. The summed E-state index contributed by atoms with van der Waals surface area (Å²) in [6.07, 6.45) is 3.04. The normalized spacial score (nSPS) is 15.6. The number of benzene rings is 1. The van der Waals surface area contributed by atoms with Crippen LogP contribution in [0.2, 0.25) is 0 Å². The number of rotatable bonds is 5. The minimum atomic E-state index is -4.91. The number of hydrogen-bond donors (Lipinski definition) is 2. The molecule has 1 aliphatic rings. The summed E-state index contributed by atoms with van der Waals surface area (Å²) in [7, 11) is 0. The molecule has 0 aliphatic heterocycles. The summed E-state index contributed by atoms with van der Waals surface area (Å²) >= 11 is 0. The van der Waals surface area contributed by atoms with E-state index in [1.165, 1.54) is 25.0 Å². The second-order valence-electron chi connectivity index (χ2n) is 5.77. The molecule has 0 unspecified atom stereocenters. The first-order chi connectivity index (χ1) is 11.3. The van der Waals surface area contributed by atoms with E-state index in [1.54, 1.807) is 23.5 Å². The van der Waals surface area contributed by atoms with Crippen LogP contribution in [0.1, 0.15) is 31.2 Å². The average Bonchev–Trinajstić information content (AvgIpc) is 3.03. The number of anilines is 1. The lowest BCUT2D eigenvalue weighted by Crippen LogP contribution is -2.36. The average molecular weight is 340 g/mol. The molecule has 1 aromatic carbocycles. The first-order valence-electron chi connectivity index (χ1n) is 7.78. The van der Waals surface area contributed by atoms with Gasteiger partial charge in [-0.3, -0.25) is 9.59 Å². The third-order valence-electron chi connectivity index (χ3n) is 3.82. The number of amides is 2. The van der Waals surface area contributed by atoms with Crippen LogP contribution >= 0.6 is 0 Å². The Balaban J connectivity index is 1.87. The monoisotopic (exact) mass is 340 g/mol. The van der Waals surface area contributed by atoms with Crippen molar-refractivity contribution in [1.29, 1.82) is 0 Å². The van der Waals surface area contributed by atoms with Gasteiger partial charge in [0.2, 0.25) is 5.91 Å². The molecule has 1 aliphatic carbocycles. The molecule has 2 N–H and O–H groups in total. The largest absolute Gasteiger partial charge is 0.471 e. The number of halogens is 3. The number of alkyl halides is 3. The van der Waals surface area contributed by atoms with Gasteiger partial charge < -0.3 is 10.6 Å². The zero-order valence-electron chi connectivity index (χ0n) is 13.0. The highest BCUT2D eigenvalue weighted by molar-refractivity contribution is 5.99. The predicted octanol–water partition coefficient (Wildman–Crippen LogP) is 3.55. The summed E-state index contributed by atoms with van der Waals surface area (Å²) in [6.45, 7) is -0.264. The van der Waals surface area contributed by atoms with Gasteiger partial charge in [-0.1, -0.05) is 31.1 Å². The Kier molecular flexibility index (Phi) is 6.00. The molecule has 7 heteroatoms. The van der Waals surface area contributed by atoms with Crippen molar-refractivity contribution in [3.05, 3.63) is 42.0 Å². The Hall–Kier alpha value is -2.31. The van der Waals surface area contributed by atoms with Crippen LogP contribution in [-0.4, -0.2) is 18.0 Å². The summed E-state index contributed by atoms with van der Waals surface area (Å²) < 4.78 is 36.4. The predicted molar refractivity (Wildman–Crippen MR) is 84.1 cm³/mol. The van der Waals surface area contributed by atoms with E-state index in [1.807, 2.05) is 6.08 Å². The Morgan fingerprint density at radius 1 is 1.21 bits per heavy atom. The maximum Gasteiger partial charge on any atom is 0.471 e. The highest BCUT2D eigenvalue weighted by atomic mass is 19.4. The Morgan fingerprint density at radius 3 is 2.58 bits per heavy atom. The fourth-order valence-electron chi connectivity index (χ4n) is 2.60. The molecule has 0 heterocycles. The fraction of sp³-hybridized carbons (Fsp3) is 0.412. The molecule has 24 heavy (non-hydrogen) atoms. The summed E-state index contributed by atoms with van der Waals surface area (Å²) in [5.74, 6) is -1.82. The van der Waals surface area contributed by atoms with Crippen molar-refractivity contribution in [3.63, 3.8) is 0 Å². The number of nitrogens with one attached hydrogen (secondary N) is 2. The highest BCUT2D eigenvalue weighted by Crippen LogP contribution is 2.25. The fourth-order valence-corrected chi connectivity index (χ4v) is 2.60. The van der Waals surface area contributed by atoms with Crippen molar-refractivity contribution >= 4 is 17.5 Å². The summed E-state index contributed by atoms with van der Waals surface area (Å²) in [5.41, 5.74) is 0.931. The number of carbonyl (C=O) groups excluding carboxylic acids is 2. The van der Waals surface area contributed by atoms with Gasteiger partial charge in [-0.05, 0) is 42.5 Å². The molecule has 0 radical (unpaired) electrons. The molecule has 4 nitrogen and oxygen atoms in total. The Labute approximate surface area is 138 Å². The van der Waals surface area contributed by atoms with Crippen molar-refractivity contribution in [2.45, 2.75) is 38.4 Å². The van der Waals surface area contributed by atoms with E-state index >= 15 is 0 Å². The Bertz CT molecular complexity index is 621. The summed E-state index contributed by atoms with van der Waals surface area (Å²) in [5, 5.41) is 4.45. The van der Waals surface area contributed by atoms with Crippen LogP contribution in [0.25, 0.3) is 0 Å². The summed E-state index contributed by atoms with van der Waals surface area (Å²) in [4.78, 5) is 22.7. The van der Waals surface area contributed by atoms with Crippen LogP contribution in [0.4, 0.5) is 18.9 Å². The van der Waals surface area contributed by atoms with Gasteiger partial charge in [0.15, 0.2) is 0 Å². The standard InChI is InChI=1S/C17H19F3N2O2/c18-17(19,20)16(24)21-11-13-6-3-7-14(10-13)22-15(23)9-8-12-4-1-2-5-12/h3,6-10,12H,1-2,4-5,11H2,(H,21,24)(H,22,23)/b9-8+. The van der Waals surface area contributed by atoms with Gasteiger partial charge in [-0.25, -0.2) is 0 Å². The van der Waals surface area contributed by atoms with E-state index in [9.17, 15) is 22.8 Å². The zero-order valence-corrected chi connectivity index (χ0v) is 13.0. The topological polar surface area (TPSA) is 58.2 Å². The molecule has 0 spiro atoms. The minimum Gasteiger partial charge on any atom is -0.344 e. The molecule has 2 amide bonds. The molecule has 2 rings (SSSR count). The van der Waals surface area contributed by atoms with Crippen LogP contribution < -0.4 is 10.6 Å². The van der Waals surface area contributed by atoms with Gasteiger partial charge in [0, 0.05) is 12.2 Å². The lowest BCUT2D eigenvalue weighted by atomic mass is 10.1. The lowest BCUT2D eigenvalue weighted by Gasteiger charge is -2.09. The molecule has 1 saturated carbocycles. The smallest absolute Gasteiger partial charge is 0.344 e. The van der Waals surface area contributed by atoms with Crippen LogP contribution in [-0.2, 0) is 16.1 Å². The van der Waals surface area contributed by atoms with E-state index in [4.69, 9.17) is 0 Å². The van der Waals surface area contributed by atoms with Gasteiger partial charge in [0.25, 0.3) is 0 Å². The van der Waals surface area contributed by atoms with Crippen LogP contribution in [0.3, 0.4) is 0 Å². The van der Waals surface area contributed by atoms with Crippen LogP contribution in [0, 0.1) is 5.92 Å². The molecule has 0 saturated heterocycles. The maximum atomic E-state index is 12.1. The third-order valence-corrected chi connectivity index (χ3v) is 3.82. The van der Waals surface area contributed by atoms with Crippen LogP contribution in [0.5, 0.6) is 0 Å². The minimum absolute atomic E-state index is 0.264. The highest BCUT2D eigenvalue weighted by Gasteiger charge is 2.38. The van der Waals surface area contributed by atoms with Crippen molar-refractivity contribution in [2.24, 2.45) is 5.92 Å². The van der Waals surface area contributed by atoms with E-state index in [0.29, 0.717) is 17.2 Å². The number of allylic oxidation sites excluding steroid dienone is 1. The van der Waals surface area contributed by atoms with Gasteiger partial charge in [0.05, 0.1) is 0 Å². The molecule has 0 bridgehead atoms. The SMILES string of the molecule is O=C(/C=C/C1CCCC1)Nc1cccc(CNC(=O)C(F)(F)F)c1.